The van der Waals surface area contributed by atoms with Gasteiger partial charge in [-0.2, -0.15) is 0 Å². The molecule has 7 heteroatoms. The Balaban J connectivity index is 2.64. The van der Waals surface area contributed by atoms with Gasteiger partial charge in [0.1, 0.15) is 18.1 Å². The molecule has 0 radical (unpaired) electrons. The van der Waals surface area contributed by atoms with E-state index in [0.29, 0.717) is 0 Å². The van der Waals surface area contributed by atoms with Crippen LogP contribution in [0.1, 0.15) is 5.69 Å². The summed E-state index contributed by atoms with van der Waals surface area (Å²) in [6.07, 6.45) is -1.32. The highest BCUT2D eigenvalue weighted by Gasteiger charge is 2.05. The van der Waals surface area contributed by atoms with E-state index in [1.807, 2.05) is 0 Å². The fourth-order valence-electron chi connectivity index (χ4n) is 0.798. The van der Waals surface area contributed by atoms with E-state index in [9.17, 15) is 8.78 Å². The van der Waals surface area contributed by atoms with Gasteiger partial charge in [-0.1, -0.05) is 16.8 Å². The molecule has 0 atom stereocenters. The van der Waals surface area contributed by atoms with Gasteiger partial charge in [-0.25, -0.2) is 13.8 Å². The summed E-state index contributed by atoms with van der Waals surface area (Å²) in [5.41, 5.74) is 0.226. The van der Waals surface area contributed by atoms with Gasteiger partial charge in [0.2, 0.25) is 0 Å². The average Bonchev–Trinajstić information content (AvgIpc) is 2.26. The topological polar surface area (TPSA) is 54.7 Å². The van der Waals surface area contributed by atoms with Gasteiger partial charge < -0.3 is 9.94 Å². The number of hydrogen-bond acceptors (Lipinski definition) is 4. The van der Waals surface area contributed by atoms with Crippen LogP contribution in [0.5, 0.6) is 5.75 Å². The summed E-state index contributed by atoms with van der Waals surface area (Å²) in [7, 11) is 0. The number of pyridine rings is 1. The molecule has 1 aromatic heterocycles. The van der Waals surface area contributed by atoms with E-state index in [2.05, 4.69) is 14.9 Å². The largest absolute Gasteiger partial charge is 0.486 e. The molecule has 15 heavy (non-hydrogen) atoms. The number of hydrogen-bond donors (Lipinski definition) is 1. The highest BCUT2D eigenvalue weighted by Crippen LogP contribution is 2.11. The molecule has 0 spiro atoms. The van der Waals surface area contributed by atoms with Gasteiger partial charge in [0, 0.05) is 0 Å². The monoisotopic (exact) mass is 236 g/mol. The first kappa shape index (κ1) is 11.6. The molecule has 0 aliphatic heterocycles. The first-order valence-corrected chi connectivity index (χ1v) is 4.26. The third-order valence-electron chi connectivity index (χ3n) is 1.41. The number of ether oxygens (including phenoxy) is 1. The van der Waals surface area contributed by atoms with E-state index < -0.39 is 13.0 Å². The summed E-state index contributed by atoms with van der Waals surface area (Å²) in [6, 6.07) is 2.79. The predicted molar refractivity (Wildman–Crippen MR) is 49.9 cm³/mol. The minimum Gasteiger partial charge on any atom is -0.486 e. The van der Waals surface area contributed by atoms with Gasteiger partial charge in [-0.3, -0.25) is 0 Å². The lowest BCUT2D eigenvalue weighted by molar-refractivity contribution is 0.0817. The molecule has 1 N–H and O–H groups in total. The van der Waals surface area contributed by atoms with Crippen molar-refractivity contribution in [3.63, 3.8) is 0 Å². The fourth-order valence-corrected chi connectivity index (χ4v) is 0.910. The van der Waals surface area contributed by atoms with Crippen LogP contribution in [-0.2, 0) is 0 Å². The van der Waals surface area contributed by atoms with Crippen LogP contribution in [0.25, 0.3) is 0 Å². The van der Waals surface area contributed by atoms with Crippen LogP contribution in [0.2, 0.25) is 0 Å². The maximum absolute atomic E-state index is 11.8. The Morgan fingerprint density at radius 2 is 2.33 bits per heavy atom. The maximum Gasteiger partial charge on any atom is 0.272 e. The average molecular weight is 237 g/mol. The maximum atomic E-state index is 11.8. The fraction of sp³-hybridized carbons (Fsp3) is 0.250. The first-order chi connectivity index (χ1) is 7.13. The van der Waals surface area contributed by atoms with E-state index in [4.69, 9.17) is 16.8 Å². The Labute approximate surface area is 89.1 Å². The zero-order chi connectivity index (χ0) is 11.3. The van der Waals surface area contributed by atoms with Crippen LogP contribution in [0.15, 0.2) is 23.5 Å². The van der Waals surface area contributed by atoms with Crippen molar-refractivity contribution < 1.29 is 18.7 Å². The van der Waals surface area contributed by atoms with Crippen molar-refractivity contribution in [1.82, 2.24) is 4.98 Å². The summed E-state index contributed by atoms with van der Waals surface area (Å²) >= 11 is 5.45. The smallest absolute Gasteiger partial charge is 0.272 e. The molecule has 1 heterocycles. The van der Waals surface area contributed by atoms with Crippen LogP contribution < -0.4 is 4.74 Å². The molecular weight excluding hydrogens is 230 g/mol. The Morgan fingerprint density at radius 1 is 1.60 bits per heavy atom. The number of rotatable bonds is 4. The summed E-state index contributed by atoms with van der Waals surface area (Å²) in [6.45, 7) is -0.692. The molecule has 0 unspecified atom stereocenters. The van der Waals surface area contributed by atoms with Gasteiger partial charge >= 0.3 is 0 Å². The van der Waals surface area contributed by atoms with E-state index in [-0.39, 0.29) is 16.6 Å². The molecule has 1 aromatic rings. The number of halogens is 3. The summed E-state index contributed by atoms with van der Waals surface area (Å²) in [5, 5.41) is 10.9. The molecule has 1 rings (SSSR count). The van der Waals surface area contributed by atoms with Gasteiger partial charge in [0.15, 0.2) is 5.17 Å². The molecular formula is C8H7ClF2N2O2. The lowest BCUT2D eigenvalue weighted by atomic mass is 10.3. The van der Waals surface area contributed by atoms with E-state index in [1.165, 1.54) is 18.3 Å². The Morgan fingerprint density at radius 3 is 2.80 bits per heavy atom. The van der Waals surface area contributed by atoms with Crippen LogP contribution in [-0.4, -0.2) is 28.4 Å². The van der Waals surface area contributed by atoms with Crippen LogP contribution in [0.3, 0.4) is 0 Å². The molecule has 82 valence electrons. The van der Waals surface area contributed by atoms with Crippen molar-refractivity contribution in [2.24, 2.45) is 5.16 Å². The zero-order valence-corrected chi connectivity index (χ0v) is 8.16. The second kappa shape index (κ2) is 5.45. The third-order valence-corrected chi connectivity index (χ3v) is 1.68. The highest BCUT2D eigenvalue weighted by atomic mass is 35.5. The number of alkyl halides is 2. The van der Waals surface area contributed by atoms with Crippen LogP contribution in [0, 0.1) is 0 Å². The molecule has 0 saturated heterocycles. The van der Waals surface area contributed by atoms with Crippen molar-refractivity contribution in [2.45, 2.75) is 6.43 Å². The Kier molecular flexibility index (Phi) is 4.23. The standard InChI is InChI=1S/C8H7ClF2N2O2/c9-8(13-14)6-2-1-5(3-12-6)15-4-7(10)11/h1-3,7,14H,4H2. The highest BCUT2D eigenvalue weighted by molar-refractivity contribution is 6.69. The van der Waals surface area contributed by atoms with E-state index in [0.717, 1.165) is 0 Å². The van der Waals surface area contributed by atoms with Gasteiger partial charge in [-0.15, -0.1) is 0 Å². The van der Waals surface area contributed by atoms with Gasteiger partial charge in [-0.05, 0) is 12.1 Å². The first-order valence-electron chi connectivity index (χ1n) is 3.88. The molecule has 0 amide bonds. The summed E-state index contributed by atoms with van der Waals surface area (Å²) in [4.78, 5) is 3.73. The van der Waals surface area contributed by atoms with Crippen LogP contribution in [0.4, 0.5) is 8.78 Å². The lowest BCUT2D eigenvalue weighted by Crippen LogP contribution is -2.07. The molecule has 0 bridgehead atoms. The molecule has 0 saturated carbocycles. The molecule has 0 aromatic carbocycles. The second-order valence-electron chi connectivity index (χ2n) is 2.47. The Hall–Kier alpha value is -1.43. The molecule has 0 fully saturated rings. The predicted octanol–water partition coefficient (Wildman–Crippen LogP) is 2.10. The van der Waals surface area contributed by atoms with Crippen molar-refractivity contribution in [3.05, 3.63) is 24.0 Å². The quantitative estimate of drug-likeness (QED) is 0.495. The van der Waals surface area contributed by atoms with Gasteiger partial charge in [0.25, 0.3) is 6.43 Å². The van der Waals surface area contributed by atoms with Crippen LogP contribution >= 0.6 is 11.6 Å². The second-order valence-corrected chi connectivity index (χ2v) is 2.83. The Bertz CT molecular complexity index is 343. The number of aromatic nitrogens is 1. The molecule has 0 aliphatic rings. The number of nitrogens with zero attached hydrogens (tertiary/aromatic N) is 2. The minimum absolute atomic E-state index is 0.185. The van der Waals surface area contributed by atoms with E-state index in [1.54, 1.807) is 0 Å². The normalized spacial score (nSPS) is 11.9. The lowest BCUT2D eigenvalue weighted by Gasteiger charge is -2.04. The summed E-state index contributed by atoms with van der Waals surface area (Å²) in [5.74, 6) is 0.196. The van der Waals surface area contributed by atoms with Crippen molar-refractivity contribution >= 4 is 16.8 Å². The van der Waals surface area contributed by atoms with E-state index >= 15 is 0 Å². The minimum atomic E-state index is -2.53. The van der Waals surface area contributed by atoms with Crippen molar-refractivity contribution in [2.75, 3.05) is 6.61 Å². The number of oxime groups is 1. The molecule has 4 nitrogen and oxygen atoms in total. The third kappa shape index (κ3) is 3.67. The van der Waals surface area contributed by atoms with Gasteiger partial charge in [0.05, 0.1) is 6.20 Å². The van der Waals surface area contributed by atoms with Crippen molar-refractivity contribution in [1.29, 1.82) is 0 Å². The SMILES string of the molecule is ON=C(Cl)c1ccc(OCC(F)F)cn1. The summed E-state index contributed by atoms with van der Waals surface area (Å²) < 4.78 is 28.2. The van der Waals surface area contributed by atoms with Crippen molar-refractivity contribution in [3.8, 4) is 5.75 Å². The molecule has 0 aliphatic carbocycles. The zero-order valence-electron chi connectivity index (χ0n) is 7.40.